The Balaban J connectivity index is 2.38. The largest absolute Gasteiger partial charge is 0.507 e. The summed E-state index contributed by atoms with van der Waals surface area (Å²) < 4.78 is 81.6. The number of unbranched alkanes of at least 4 members (excludes halogenated alkanes) is 18. The first kappa shape index (κ1) is 45.7. The van der Waals surface area contributed by atoms with Crippen LogP contribution in [-0.4, -0.2) is 44.3 Å². The van der Waals surface area contributed by atoms with E-state index in [0.29, 0.717) is 25.7 Å². The molecule has 0 amide bonds. The van der Waals surface area contributed by atoms with E-state index in [2.05, 4.69) is 13.8 Å². The molecule has 0 aliphatic heterocycles. The highest BCUT2D eigenvalue weighted by atomic mass is 19.4. The smallest absolute Gasteiger partial charge is 0.455 e. The fourth-order valence-corrected chi connectivity index (χ4v) is 6.71. The van der Waals surface area contributed by atoms with Gasteiger partial charge in [0.25, 0.3) is 11.6 Å². The van der Waals surface area contributed by atoms with Crippen LogP contribution in [0.5, 0.6) is 23.0 Å². The maximum Gasteiger partial charge on any atom is 0.455 e. The first-order valence-corrected chi connectivity index (χ1v) is 19.4. The number of ketones is 2. The van der Waals surface area contributed by atoms with Gasteiger partial charge in [0.2, 0.25) is 0 Å². The number of phenols is 4. The second kappa shape index (κ2) is 22.7. The molecule has 0 unspecified atom stereocenters. The van der Waals surface area contributed by atoms with Crippen molar-refractivity contribution in [2.75, 3.05) is 0 Å². The highest BCUT2D eigenvalue weighted by Crippen LogP contribution is 2.44. The molecule has 0 aliphatic carbocycles. The molecule has 300 valence electrons. The van der Waals surface area contributed by atoms with Gasteiger partial charge in [-0.3, -0.25) is 9.59 Å². The Kier molecular flexibility index (Phi) is 19.6. The first-order valence-electron chi connectivity index (χ1n) is 19.4. The zero-order valence-electron chi connectivity index (χ0n) is 31.3. The van der Waals surface area contributed by atoms with Gasteiger partial charge in [-0.1, -0.05) is 129 Å². The summed E-state index contributed by atoms with van der Waals surface area (Å²) in [6.45, 7) is 4.28. The van der Waals surface area contributed by atoms with Crippen molar-refractivity contribution in [2.45, 2.75) is 174 Å². The van der Waals surface area contributed by atoms with Crippen molar-refractivity contribution in [3.05, 3.63) is 45.5 Å². The van der Waals surface area contributed by atoms with Crippen LogP contribution in [0.25, 0.3) is 0 Å². The molecule has 0 saturated carbocycles. The van der Waals surface area contributed by atoms with Gasteiger partial charge in [-0.25, -0.2) is 0 Å². The summed E-state index contributed by atoms with van der Waals surface area (Å²) in [6, 6.07) is 1.50. The lowest BCUT2D eigenvalue weighted by Gasteiger charge is -2.20. The molecule has 0 bridgehead atoms. The number of Topliss-reactive ketones (excluding diaryl/α,β-unsaturated/α-hetero) is 2. The average molecular weight is 761 g/mol. The zero-order chi connectivity index (χ0) is 39.6. The summed E-state index contributed by atoms with van der Waals surface area (Å²) in [5, 5.41) is 44.2. The van der Waals surface area contributed by atoms with E-state index in [1.807, 2.05) is 0 Å². The van der Waals surface area contributed by atoms with E-state index in [1.54, 1.807) is 0 Å². The van der Waals surface area contributed by atoms with Gasteiger partial charge in [-0.05, 0) is 48.9 Å². The van der Waals surface area contributed by atoms with E-state index in [4.69, 9.17) is 0 Å². The molecule has 0 atom stereocenters. The number of alkyl halides is 6. The fraction of sp³-hybridized carbons (Fsp3) is 0.659. The molecular weight excluding hydrogens is 702 g/mol. The lowest BCUT2D eigenvalue weighted by Crippen LogP contribution is -2.24. The molecule has 0 saturated heterocycles. The summed E-state index contributed by atoms with van der Waals surface area (Å²) in [4.78, 5) is 24.8. The van der Waals surface area contributed by atoms with Gasteiger partial charge in [0.15, 0.2) is 0 Å². The third kappa shape index (κ3) is 14.7. The predicted octanol–water partition coefficient (Wildman–Crippen LogP) is 12.5. The van der Waals surface area contributed by atoms with Crippen molar-refractivity contribution in [3.63, 3.8) is 0 Å². The maximum atomic E-state index is 13.6. The highest BCUT2D eigenvalue weighted by Gasteiger charge is 2.43. The second-order valence-electron chi connectivity index (χ2n) is 14.2. The molecule has 0 fully saturated rings. The van der Waals surface area contributed by atoms with Crippen LogP contribution in [0.4, 0.5) is 26.3 Å². The van der Waals surface area contributed by atoms with Gasteiger partial charge in [-0.15, -0.1) is 0 Å². The van der Waals surface area contributed by atoms with Crippen LogP contribution < -0.4 is 0 Å². The molecule has 0 radical (unpaired) electrons. The minimum Gasteiger partial charge on any atom is -0.507 e. The molecule has 2 aromatic carbocycles. The number of rotatable bonds is 26. The number of carbonyl (C=O) groups excluding carboxylic acids is 2. The molecule has 12 heteroatoms. The van der Waals surface area contributed by atoms with Crippen molar-refractivity contribution in [1.29, 1.82) is 0 Å². The highest BCUT2D eigenvalue weighted by molar-refractivity contribution is 6.04. The zero-order valence-corrected chi connectivity index (χ0v) is 31.3. The molecule has 53 heavy (non-hydrogen) atoms. The molecule has 0 aliphatic rings. The Bertz CT molecular complexity index is 1340. The van der Waals surface area contributed by atoms with Crippen LogP contribution in [0.15, 0.2) is 12.1 Å². The van der Waals surface area contributed by atoms with Gasteiger partial charge in [0.1, 0.15) is 23.0 Å². The Labute approximate surface area is 310 Å². The Morgan fingerprint density at radius 2 is 0.717 bits per heavy atom. The molecule has 0 heterocycles. The van der Waals surface area contributed by atoms with Gasteiger partial charge < -0.3 is 20.4 Å². The molecule has 2 rings (SSSR count). The molecular formula is C41H58F6O6. The topological polar surface area (TPSA) is 115 Å². The second-order valence-corrected chi connectivity index (χ2v) is 14.2. The summed E-state index contributed by atoms with van der Waals surface area (Å²) >= 11 is 0. The fourth-order valence-electron chi connectivity index (χ4n) is 6.71. The number of benzene rings is 2. The van der Waals surface area contributed by atoms with E-state index in [0.717, 1.165) is 89.2 Å². The standard InChI is InChI=1S/C41H58F6O6/c1-3-5-7-9-11-13-15-17-19-21-23-28-25-32(38(52)40(42,43)44)36(50)30(34(28)48)27-31-35(49)29(26-33(37(31)51)39(53)41(45,46)47)24-22-20-18-16-14-12-10-8-6-4-2/h25-26,48-51H,3-24,27H2,1-2H3. The van der Waals surface area contributed by atoms with E-state index in [1.165, 1.54) is 25.7 Å². The number of halogens is 6. The summed E-state index contributed by atoms with van der Waals surface area (Å²) in [7, 11) is 0. The van der Waals surface area contributed by atoms with E-state index in [-0.39, 0.29) is 24.0 Å². The van der Waals surface area contributed by atoms with Gasteiger partial charge in [0.05, 0.1) is 11.1 Å². The van der Waals surface area contributed by atoms with Gasteiger partial charge in [-0.2, -0.15) is 26.3 Å². The van der Waals surface area contributed by atoms with Crippen LogP contribution in [0.3, 0.4) is 0 Å². The minimum absolute atomic E-state index is 0.0162. The number of hydrogen-bond donors (Lipinski definition) is 4. The van der Waals surface area contributed by atoms with E-state index < -0.39 is 75.6 Å². The SMILES string of the molecule is CCCCCCCCCCCCc1cc(C(=O)C(F)(F)F)c(O)c(Cc2c(O)c(CCCCCCCCCCCC)cc(C(=O)C(F)(F)F)c2O)c1O. The molecule has 2 aromatic rings. The lowest BCUT2D eigenvalue weighted by atomic mass is 9.89. The van der Waals surface area contributed by atoms with Gasteiger partial charge >= 0.3 is 12.4 Å². The summed E-state index contributed by atoms with van der Waals surface area (Å²) in [5.74, 6) is -8.84. The number of hydrogen-bond acceptors (Lipinski definition) is 6. The molecule has 4 N–H and O–H groups in total. The maximum absolute atomic E-state index is 13.6. The van der Waals surface area contributed by atoms with Crippen molar-refractivity contribution in [2.24, 2.45) is 0 Å². The third-order valence-electron chi connectivity index (χ3n) is 9.86. The Morgan fingerprint density at radius 3 is 0.981 bits per heavy atom. The van der Waals surface area contributed by atoms with Gasteiger partial charge in [0, 0.05) is 17.5 Å². The summed E-state index contributed by atoms with van der Waals surface area (Å²) in [6.07, 6.45) is 7.55. The average Bonchev–Trinajstić information content (AvgIpc) is 3.09. The van der Waals surface area contributed by atoms with Crippen molar-refractivity contribution >= 4 is 11.6 Å². The van der Waals surface area contributed by atoms with Crippen molar-refractivity contribution in [1.82, 2.24) is 0 Å². The Morgan fingerprint density at radius 1 is 0.453 bits per heavy atom. The molecule has 0 spiro atoms. The monoisotopic (exact) mass is 760 g/mol. The normalized spacial score (nSPS) is 12.1. The number of carbonyl (C=O) groups is 2. The molecule has 0 aromatic heterocycles. The quantitative estimate of drug-likeness (QED) is 0.0431. The van der Waals surface area contributed by atoms with Crippen LogP contribution >= 0.6 is 0 Å². The number of aryl methyl sites for hydroxylation is 2. The van der Waals surface area contributed by atoms with Crippen molar-refractivity contribution in [3.8, 4) is 23.0 Å². The van der Waals surface area contributed by atoms with Crippen LogP contribution in [0.1, 0.15) is 185 Å². The van der Waals surface area contributed by atoms with Crippen molar-refractivity contribution < 1.29 is 56.4 Å². The van der Waals surface area contributed by atoms with E-state index >= 15 is 0 Å². The predicted molar refractivity (Wildman–Crippen MR) is 194 cm³/mol. The Hall–Kier alpha value is -3.44. The van der Waals surface area contributed by atoms with E-state index in [9.17, 15) is 56.4 Å². The first-order chi connectivity index (χ1) is 25.1. The summed E-state index contributed by atoms with van der Waals surface area (Å²) in [5.41, 5.74) is -3.99. The number of phenolic OH excluding ortho intramolecular Hbond substituents is 4. The van der Waals surface area contributed by atoms with Crippen LogP contribution in [-0.2, 0) is 19.3 Å². The van der Waals surface area contributed by atoms with Crippen LogP contribution in [0, 0.1) is 0 Å². The third-order valence-corrected chi connectivity index (χ3v) is 9.86. The minimum atomic E-state index is -5.41. The lowest BCUT2D eigenvalue weighted by molar-refractivity contribution is -0.0889. The number of aromatic hydroxyl groups is 4. The van der Waals surface area contributed by atoms with Crippen LogP contribution in [0.2, 0.25) is 0 Å². The molecule has 6 nitrogen and oxygen atoms in total.